The highest BCUT2D eigenvalue weighted by Gasteiger charge is 2.40. The Balaban J connectivity index is 2.57. The number of rotatable bonds is 1. The third-order valence-corrected chi connectivity index (χ3v) is 3.66. The Kier molecular flexibility index (Phi) is 3.52. The van der Waals surface area contributed by atoms with Gasteiger partial charge in [-0.05, 0) is 36.6 Å². The van der Waals surface area contributed by atoms with Crippen molar-refractivity contribution in [1.82, 2.24) is 0 Å². The van der Waals surface area contributed by atoms with Gasteiger partial charge >= 0.3 is 12.4 Å². The molecule has 0 unspecified atom stereocenters. The molecule has 1 saturated carbocycles. The van der Waals surface area contributed by atoms with Gasteiger partial charge in [-0.2, -0.15) is 26.3 Å². The van der Waals surface area contributed by atoms with E-state index in [0.717, 1.165) is 12.1 Å². The average Bonchev–Trinajstić information content (AvgIpc) is 2.75. The Hall–Kier alpha value is -1.24. The van der Waals surface area contributed by atoms with Crippen LogP contribution in [0.4, 0.5) is 26.3 Å². The Bertz CT molecular complexity index is 464. The van der Waals surface area contributed by atoms with Crippen molar-refractivity contribution in [2.24, 2.45) is 5.73 Å². The van der Waals surface area contributed by atoms with Gasteiger partial charge in [0.1, 0.15) is 0 Å². The minimum atomic E-state index is -4.83. The van der Waals surface area contributed by atoms with E-state index in [-0.39, 0.29) is 11.6 Å². The van der Waals surface area contributed by atoms with Crippen molar-refractivity contribution < 1.29 is 26.3 Å². The van der Waals surface area contributed by atoms with E-state index in [9.17, 15) is 26.3 Å². The highest BCUT2D eigenvalue weighted by atomic mass is 19.4. The molecule has 0 atom stereocenters. The van der Waals surface area contributed by atoms with Gasteiger partial charge in [-0.3, -0.25) is 0 Å². The van der Waals surface area contributed by atoms with Crippen molar-refractivity contribution in [3.8, 4) is 0 Å². The summed E-state index contributed by atoms with van der Waals surface area (Å²) in [4.78, 5) is 0. The number of hydrogen-bond donors (Lipinski definition) is 1. The summed E-state index contributed by atoms with van der Waals surface area (Å²) < 4.78 is 76.4. The molecule has 1 aliphatic carbocycles. The monoisotopic (exact) mass is 297 g/mol. The van der Waals surface area contributed by atoms with E-state index < -0.39 is 29.0 Å². The first-order valence-corrected chi connectivity index (χ1v) is 6.11. The Morgan fingerprint density at radius 1 is 0.800 bits per heavy atom. The standard InChI is InChI=1S/C13H13F6N/c14-12(15,16)9-5-8(11(20)3-1-2-4-11)6-10(7-9)13(17,18)19/h5-7H,1-4,20H2. The molecule has 1 aromatic carbocycles. The first-order chi connectivity index (χ1) is 9.02. The summed E-state index contributed by atoms with van der Waals surface area (Å²) in [6.07, 6.45) is -7.46. The Labute approximate surface area is 111 Å². The third kappa shape index (κ3) is 2.92. The van der Waals surface area contributed by atoms with Crippen LogP contribution in [0.5, 0.6) is 0 Å². The fourth-order valence-corrected chi connectivity index (χ4v) is 2.54. The molecule has 1 nitrogen and oxygen atoms in total. The van der Waals surface area contributed by atoms with Crippen molar-refractivity contribution in [3.63, 3.8) is 0 Å². The first-order valence-electron chi connectivity index (χ1n) is 6.11. The zero-order valence-electron chi connectivity index (χ0n) is 10.4. The van der Waals surface area contributed by atoms with Gasteiger partial charge in [-0.1, -0.05) is 12.8 Å². The fourth-order valence-electron chi connectivity index (χ4n) is 2.54. The molecule has 20 heavy (non-hydrogen) atoms. The van der Waals surface area contributed by atoms with E-state index in [1.807, 2.05) is 0 Å². The predicted octanol–water partition coefficient (Wildman–Crippen LogP) is 4.45. The highest BCUT2D eigenvalue weighted by molar-refractivity contribution is 5.37. The quantitative estimate of drug-likeness (QED) is 0.761. The van der Waals surface area contributed by atoms with Crippen LogP contribution in [0.25, 0.3) is 0 Å². The van der Waals surface area contributed by atoms with Gasteiger partial charge in [0.25, 0.3) is 0 Å². The molecule has 0 saturated heterocycles. The molecule has 0 radical (unpaired) electrons. The lowest BCUT2D eigenvalue weighted by Crippen LogP contribution is -2.33. The summed E-state index contributed by atoms with van der Waals surface area (Å²) in [5.41, 5.74) is 2.18. The van der Waals surface area contributed by atoms with Gasteiger partial charge in [-0.15, -0.1) is 0 Å². The smallest absolute Gasteiger partial charge is 0.321 e. The highest BCUT2D eigenvalue weighted by Crippen LogP contribution is 2.42. The molecule has 0 spiro atoms. The van der Waals surface area contributed by atoms with Gasteiger partial charge in [0, 0.05) is 5.54 Å². The Morgan fingerprint density at radius 3 is 1.55 bits per heavy atom. The summed E-state index contributed by atoms with van der Waals surface area (Å²) in [5.74, 6) is 0. The van der Waals surface area contributed by atoms with Crippen LogP contribution in [0, 0.1) is 0 Å². The minimum Gasteiger partial charge on any atom is -0.321 e. The second-order valence-electron chi connectivity index (χ2n) is 5.16. The lowest BCUT2D eigenvalue weighted by atomic mass is 9.87. The van der Waals surface area contributed by atoms with Crippen LogP contribution >= 0.6 is 0 Å². The van der Waals surface area contributed by atoms with Crippen LogP contribution in [0.1, 0.15) is 42.4 Å². The molecule has 1 aromatic rings. The number of benzene rings is 1. The van der Waals surface area contributed by atoms with Crippen LogP contribution in [0.3, 0.4) is 0 Å². The van der Waals surface area contributed by atoms with E-state index in [0.29, 0.717) is 25.7 Å². The van der Waals surface area contributed by atoms with Gasteiger partial charge in [0.2, 0.25) is 0 Å². The van der Waals surface area contributed by atoms with Crippen LogP contribution in [-0.4, -0.2) is 0 Å². The maximum absolute atomic E-state index is 12.7. The third-order valence-electron chi connectivity index (χ3n) is 3.66. The molecule has 1 aliphatic rings. The van der Waals surface area contributed by atoms with Crippen LogP contribution in [0.15, 0.2) is 18.2 Å². The number of nitrogens with two attached hydrogens (primary N) is 1. The molecular weight excluding hydrogens is 284 g/mol. The molecule has 2 rings (SSSR count). The summed E-state index contributed by atoms with van der Waals surface area (Å²) >= 11 is 0. The summed E-state index contributed by atoms with van der Waals surface area (Å²) in [6, 6.07) is 1.60. The van der Waals surface area contributed by atoms with E-state index in [2.05, 4.69) is 0 Å². The van der Waals surface area contributed by atoms with Gasteiger partial charge in [0.15, 0.2) is 0 Å². The number of hydrogen-bond acceptors (Lipinski definition) is 1. The van der Waals surface area contributed by atoms with Crippen molar-refractivity contribution >= 4 is 0 Å². The molecule has 112 valence electrons. The van der Waals surface area contributed by atoms with Crippen molar-refractivity contribution in [1.29, 1.82) is 0 Å². The predicted molar refractivity (Wildman–Crippen MR) is 60.8 cm³/mol. The van der Waals surface area contributed by atoms with Gasteiger partial charge in [0.05, 0.1) is 11.1 Å². The molecule has 0 amide bonds. The summed E-state index contributed by atoms with van der Waals surface area (Å²) in [5, 5.41) is 0. The zero-order chi connectivity index (χ0) is 15.2. The minimum absolute atomic E-state index is 0.0860. The number of halogens is 6. The topological polar surface area (TPSA) is 26.0 Å². The second kappa shape index (κ2) is 4.65. The molecule has 0 aliphatic heterocycles. The van der Waals surface area contributed by atoms with E-state index >= 15 is 0 Å². The molecule has 1 fully saturated rings. The average molecular weight is 297 g/mol. The summed E-state index contributed by atoms with van der Waals surface area (Å²) in [7, 11) is 0. The first kappa shape index (κ1) is 15.2. The fraction of sp³-hybridized carbons (Fsp3) is 0.538. The van der Waals surface area contributed by atoms with Crippen LogP contribution in [0.2, 0.25) is 0 Å². The lowest BCUT2D eigenvalue weighted by Gasteiger charge is -2.26. The largest absolute Gasteiger partial charge is 0.416 e. The van der Waals surface area contributed by atoms with E-state index in [1.165, 1.54) is 0 Å². The van der Waals surface area contributed by atoms with Crippen molar-refractivity contribution in [3.05, 3.63) is 34.9 Å². The van der Waals surface area contributed by atoms with Crippen LogP contribution in [-0.2, 0) is 17.9 Å². The molecular formula is C13H13F6N. The van der Waals surface area contributed by atoms with Crippen molar-refractivity contribution in [2.75, 3.05) is 0 Å². The summed E-state index contributed by atoms with van der Waals surface area (Å²) in [6.45, 7) is 0. The number of alkyl halides is 6. The zero-order valence-corrected chi connectivity index (χ0v) is 10.4. The van der Waals surface area contributed by atoms with Crippen LogP contribution < -0.4 is 5.73 Å². The van der Waals surface area contributed by atoms with E-state index in [1.54, 1.807) is 0 Å². The molecule has 0 aromatic heterocycles. The van der Waals surface area contributed by atoms with Crippen molar-refractivity contribution in [2.45, 2.75) is 43.6 Å². The lowest BCUT2D eigenvalue weighted by molar-refractivity contribution is -0.143. The maximum atomic E-state index is 12.7. The van der Waals surface area contributed by atoms with Gasteiger partial charge in [-0.25, -0.2) is 0 Å². The second-order valence-corrected chi connectivity index (χ2v) is 5.16. The Morgan fingerprint density at radius 2 is 1.20 bits per heavy atom. The molecule has 2 N–H and O–H groups in total. The molecule has 0 bridgehead atoms. The maximum Gasteiger partial charge on any atom is 0.416 e. The SMILES string of the molecule is NC1(c2cc(C(F)(F)F)cc(C(F)(F)F)c2)CCCC1. The normalized spacial score (nSPS) is 19.4. The van der Waals surface area contributed by atoms with Gasteiger partial charge < -0.3 is 5.73 Å². The molecule has 0 heterocycles. The van der Waals surface area contributed by atoms with E-state index in [4.69, 9.17) is 5.73 Å². The molecule has 7 heteroatoms.